The van der Waals surface area contributed by atoms with Crippen molar-refractivity contribution >= 4 is 11.8 Å². The van der Waals surface area contributed by atoms with E-state index in [9.17, 15) is 19.1 Å². The number of amides is 2. The smallest absolute Gasteiger partial charge is 0.309 e. The summed E-state index contributed by atoms with van der Waals surface area (Å²) >= 11 is 0. The molecule has 4 aromatic rings. The Kier molecular flexibility index (Phi) is 5.14. The lowest BCUT2D eigenvalue weighted by molar-refractivity contribution is 0.0836. The molecule has 0 radical (unpaired) electrons. The van der Waals surface area contributed by atoms with Crippen molar-refractivity contribution in [1.29, 1.82) is 0 Å². The van der Waals surface area contributed by atoms with Crippen LogP contribution in [0.4, 0.5) is 4.39 Å². The second-order valence-electron chi connectivity index (χ2n) is 6.42. The monoisotopic (exact) mass is 421 g/mol. The summed E-state index contributed by atoms with van der Waals surface area (Å²) in [4.78, 5) is 28.7. The van der Waals surface area contributed by atoms with E-state index in [0.29, 0.717) is 17.2 Å². The molecule has 31 heavy (non-hydrogen) atoms. The molecule has 2 aromatic carbocycles. The number of aromatic nitrogens is 5. The Balaban J connectivity index is 1.45. The minimum atomic E-state index is -0.824. The van der Waals surface area contributed by atoms with Crippen molar-refractivity contribution in [3.63, 3.8) is 0 Å². The lowest BCUT2D eigenvalue weighted by Gasteiger charge is -2.04. The third-order valence-electron chi connectivity index (χ3n) is 4.26. The van der Waals surface area contributed by atoms with E-state index in [4.69, 9.17) is 0 Å². The third-order valence-corrected chi connectivity index (χ3v) is 4.26. The van der Waals surface area contributed by atoms with Crippen molar-refractivity contribution < 1.29 is 19.1 Å². The molecule has 0 saturated heterocycles. The van der Waals surface area contributed by atoms with Gasteiger partial charge in [0.1, 0.15) is 11.6 Å². The van der Waals surface area contributed by atoms with Gasteiger partial charge in [-0.1, -0.05) is 18.2 Å². The van der Waals surface area contributed by atoms with Crippen molar-refractivity contribution in [2.75, 3.05) is 0 Å². The summed E-state index contributed by atoms with van der Waals surface area (Å²) in [6.45, 7) is 1.62. The predicted octanol–water partition coefficient (Wildman–Crippen LogP) is 1.68. The number of carbonyl (C=O) groups is 2. The molecule has 0 saturated carbocycles. The highest BCUT2D eigenvalue weighted by Gasteiger charge is 2.20. The molecule has 0 spiro atoms. The second kappa shape index (κ2) is 8.06. The molecule has 3 N–H and O–H groups in total. The van der Waals surface area contributed by atoms with Crippen LogP contribution in [0.15, 0.2) is 60.8 Å². The summed E-state index contributed by atoms with van der Waals surface area (Å²) in [5, 5.41) is 18.1. The summed E-state index contributed by atoms with van der Waals surface area (Å²) in [7, 11) is 0. The number of halogens is 1. The molecule has 156 valence electrons. The van der Waals surface area contributed by atoms with E-state index in [0.717, 1.165) is 0 Å². The lowest BCUT2D eigenvalue weighted by atomic mass is 10.3. The number of hydrogen-bond acceptors (Lipinski definition) is 6. The van der Waals surface area contributed by atoms with Gasteiger partial charge in [-0.15, -0.1) is 5.10 Å². The first-order chi connectivity index (χ1) is 14.9. The Morgan fingerprint density at radius 2 is 1.61 bits per heavy atom. The van der Waals surface area contributed by atoms with Gasteiger partial charge in [-0.25, -0.2) is 18.7 Å². The zero-order chi connectivity index (χ0) is 22.0. The maximum absolute atomic E-state index is 13.1. The Hall–Kier alpha value is -4.54. The first-order valence-electron chi connectivity index (χ1n) is 9.07. The molecule has 0 fully saturated rings. The molecular formula is C20H16FN7O3. The number of hydrazine groups is 1. The normalized spacial score (nSPS) is 10.6. The Bertz CT molecular complexity index is 1250. The van der Waals surface area contributed by atoms with Gasteiger partial charge in [-0.05, 0) is 43.3 Å². The number of aromatic hydroxyl groups is 1. The van der Waals surface area contributed by atoms with Gasteiger partial charge < -0.3 is 5.11 Å². The van der Waals surface area contributed by atoms with Gasteiger partial charge in [0.05, 0.1) is 17.6 Å². The molecule has 0 aliphatic rings. The fraction of sp³-hybridized carbons (Fsp3) is 0.0500. The molecule has 0 aliphatic heterocycles. The van der Waals surface area contributed by atoms with Gasteiger partial charge in [0, 0.05) is 0 Å². The molecule has 2 heterocycles. The van der Waals surface area contributed by atoms with Crippen molar-refractivity contribution in [1.82, 2.24) is 35.4 Å². The highest BCUT2D eigenvalue weighted by Crippen LogP contribution is 2.17. The first-order valence-corrected chi connectivity index (χ1v) is 9.07. The largest absolute Gasteiger partial charge is 0.504 e. The molecule has 11 heteroatoms. The SMILES string of the molecule is Cc1nc(C(=O)NNC(=O)c2nn(-c3ccccc3)cc2O)nn1-c1ccc(F)cc1. The average molecular weight is 421 g/mol. The van der Waals surface area contributed by atoms with Gasteiger partial charge in [0.2, 0.25) is 5.82 Å². The number of aryl methyl sites for hydroxylation is 1. The van der Waals surface area contributed by atoms with Gasteiger partial charge in [0.25, 0.3) is 5.91 Å². The van der Waals surface area contributed by atoms with Crippen molar-refractivity contribution in [3.05, 3.63) is 84.0 Å². The van der Waals surface area contributed by atoms with Crippen molar-refractivity contribution in [2.24, 2.45) is 0 Å². The molecular weight excluding hydrogens is 405 g/mol. The summed E-state index contributed by atoms with van der Waals surface area (Å²) in [6.07, 6.45) is 1.28. The molecule has 0 aliphatic carbocycles. The Morgan fingerprint density at radius 3 is 2.32 bits per heavy atom. The minimum Gasteiger partial charge on any atom is -0.504 e. The van der Waals surface area contributed by atoms with Crippen LogP contribution in [0.2, 0.25) is 0 Å². The quantitative estimate of drug-likeness (QED) is 0.430. The minimum absolute atomic E-state index is 0.207. The summed E-state index contributed by atoms with van der Waals surface area (Å²) in [5.74, 6) is -2.18. The van der Waals surface area contributed by atoms with E-state index in [2.05, 4.69) is 26.0 Å². The number of para-hydroxylation sites is 1. The zero-order valence-corrected chi connectivity index (χ0v) is 16.2. The van der Waals surface area contributed by atoms with Crippen LogP contribution >= 0.6 is 0 Å². The topological polar surface area (TPSA) is 127 Å². The van der Waals surface area contributed by atoms with E-state index in [1.807, 2.05) is 6.07 Å². The molecule has 0 unspecified atom stereocenters. The Morgan fingerprint density at radius 1 is 0.935 bits per heavy atom. The van der Waals surface area contributed by atoms with Gasteiger partial charge in [-0.3, -0.25) is 20.4 Å². The molecule has 0 bridgehead atoms. The van der Waals surface area contributed by atoms with Crippen LogP contribution in [-0.2, 0) is 0 Å². The Labute approximate surface area is 174 Å². The van der Waals surface area contributed by atoms with E-state index in [-0.39, 0.29) is 17.3 Å². The summed E-state index contributed by atoms with van der Waals surface area (Å²) in [5.41, 5.74) is 5.23. The van der Waals surface area contributed by atoms with E-state index in [1.165, 1.54) is 39.8 Å². The van der Waals surface area contributed by atoms with Crippen LogP contribution in [0.3, 0.4) is 0 Å². The fourth-order valence-electron chi connectivity index (χ4n) is 2.78. The van der Waals surface area contributed by atoms with Gasteiger partial charge >= 0.3 is 5.91 Å². The third kappa shape index (κ3) is 4.10. The number of carbonyl (C=O) groups excluding carboxylic acids is 2. The number of rotatable bonds is 4. The number of nitrogens with zero attached hydrogens (tertiary/aromatic N) is 5. The van der Waals surface area contributed by atoms with Crippen LogP contribution < -0.4 is 10.9 Å². The van der Waals surface area contributed by atoms with Crippen LogP contribution in [-0.4, -0.2) is 41.5 Å². The van der Waals surface area contributed by atoms with Gasteiger partial charge in [0.15, 0.2) is 11.4 Å². The number of nitrogens with one attached hydrogen (secondary N) is 2. The van der Waals surface area contributed by atoms with Crippen LogP contribution in [0, 0.1) is 12.7 Å². The molecule has 10 nitrogen and oxygen atoms in total. The average Bonchev–Trinajstić information content (AvgIpc) is 3.36. The van der Waals surface area contributed by atoms with Crippen LogP contribution in [0.5, 0.6) is 5.75 Å². The molecule has 0 atom stereocenters. The summed E-state index contributed by atoms with van der Waals surface area (Å²) < 4.78 is 15.8. The molecule has 4 rings (SSSR count). The highest BCUT2D eigenvalue weighted by atomic mass is 19.1. The van der Waals surface area contributed by atoms with Crippen LogP contribution in [0.1, 0.15) is 26.9 Å². The maximum Gasteiger partial charge on any atom is 0.309 e. The fourth-order valence-corrected chi connectivity index (χ4v) is 2.78. The maximum atomic E-state index is 13.1. The summed E-state index contributed by atoms with van der Waals surface area (Å²) in [6, 6.07) is 14.4. The highest BCUT2D eigenvalue weighted by molar-refractivity contribution is 5.98. The molecule has 2 amide bonds. The standard InChI is InChI=1S/C20H16FN7O3/c1-12-22-18(26-28(12)15-9-7-13(21)8-10-15)20(31)24-23-19(30)17-16(29)11-27(25-17)14-5-3-2-4-6-14/h2-11,29H,1H3,(H,23,30)(H,24,31). The number of benzene rings is 2. The van der Waals surface area contributed by atoms with E-state index < -0.39 is 17.6 Å². The number of hydrogen-bond donors (Lipinski definition) is 3. The zero-order valence-electron chi connectivity index (χ0n) is 16.2. The second-order valence-corrected chi connectivity index (χ2v) is 6.42. The van der Waals surface area contributed by atoms with Crippen molar-refractivity contribution in [2.45, 2.75) is 6.92 Å². The van der Waals surface area contributed by atoms with Gasteiger partial charge in [-0.2, -0.15) is 5.10 Å². The molecule has 2 aromatic heterocycles. The van der Waals surface area contributed by atoms with E-state index in [1.54, 1.807) is 31.2 Å². The lowest BCUT2D eigenvalue weighted by Crippen LogP contribution is -2.42. The predicted molar refractivity (Wildman–Crippen MR) is 106 cm³/mol. The van der Waals surface area contributed by atoms with Crippen LogP contribution in [0.25, 0.3) is 11.4 Å². The van der Waals surface area contributed by atoms with E-state index >= 15 is 0 Å². The van der Waals surface area contributed by atoms with Crippen molar-refractivity contribution in [3.8, 4) is 17.1 Å². The first kappa shape index (κ1) is 19.8.